The summed E-state index contributed by atoms with van der Waals surface area (Å²) in [6.45, 7) is 6.43. The minimum Gasteiger partial charge on any atom is -0.335 e. The highest BCUT2D eigenvalue weighted by molar-refractivity contribution is 5.08. The van der Waals surface area contributed by atoms with Crippen LogP contribution in [0.2, 0.25) is 0 Å². The van der Waals surface area contributed by atoms with Crippen molar-refractivity contribution in [2.24, 2.45) is 0 Å². The fourth-order valence-electron chi connectivity index (χ4n) is 1.53. The zero-order valence-corrected chi connectivity index (χ0v) is 9.51. The Bertz CT molecular complexity index is 265. The third kappa shape index (κ3) is 3.14. The van der Waals surface area contributed by atoms with Crippen LogP contribution >= 0.6 is 0 Å². The van der Waals surface area contributed by atoms with Gasteiger partial charge in [0.05, 0.1) is 12.0 Å². The number of nitrogens with zero attached hydrogens (tertiary/aromatic N) is 2. The van der Waals surface area contributed by atoms with Crippen molar-refractivity contribution >= 4 is 0 Å². The summed E-state index contributed by atoms with van der Waals surface area (Å²) in [5.41, 5.74) is 2.46. The van der Waals surface area contributed by atoms with E-state index in [0.29, 0.717) is 0 Å². The van der Waals surface area contributed by atoms with Gasteiger partial charge >= 0.3 is 0 Å². The highest BCUT2D eigenvalue weighted by Crippen LogP contribution is 2.06. The predicted octanol–water partition coefficient (Wildman–Crippen LogP) is 1.89. The van der Waals surface area contributed by atoms with E-state index < -0.39 is 0 Å². The molecule has 1 N–H and O–H groups in total. The van der Waals surface area contributed by atoms with Crippen molar-refractivity contribution in [3.8, 4) is 0 Å². The first-order chi connectivity index (χ1) is 6.75. The van der Waals surface area contributed by atoms with Gasteiger partial charge in [-0.2, -0.15) is 0 Å². The van der Waals surface area contributed by atoms with Crippen LogP contribution in [0, 0.1) is 13.8 Å². The third-order valence-electron chi connectivity index (χ3n) is 2.67. The normalized spacial score (nSPS) is 10.8. The van der Waals surface area contributed by atoms with E-state index in [0.717, 1.165) is 18.8 Å². The second-order valence-electron chi connectivity index (χ2n) is 3.77. The molecule has 80 valence electrons. The van der Waals surface area contributed by atoms with Gasteiger partial charge < -0.3 is 9.88 Å². The fourth-order valence-corrected chi connectivity index (χ4v) is 1.53. The molecule has 1 aromatic heterocycles. The molecule has 3 heteroatoms. The Morgan fingerprint density at radius 2 is 2.07 bits per heavy atom. The number of aryl methyl sites for hydroxylation is 2. The number of imidazole rings is 1. The van der Waals surface area contributed by atoms with Crippen LogP contribution in [0.25, 0.3) is 0 Å². The van der Waals surface area contributed by atoms with Gasteiger partial charge in [0, 0.05) is 12.2 Å². The lowest BCUT2D eigenvalue weighted by Gasteiger charge is -2.05. The van der Waals surface area contributed by atoms with Crippen molar-refractivity contribution in [3.05, 3.63) is 17.7 Å². The fraction of sp³-hybridized carbons (Fsp3) is 0.727. The Balaban J connectivity index is 2.21. The van der Waals surface area contributed by atoms with Gasteiger partial charge in [0.2, 0.25) is 0 Å². The molecule has 0 fully saturated rings. The number of rotatable bonds is 6. The molecule has 0 saturated heterocycles. The van der Waals surface area contributed by atoms with E-state index >= 15 is 0 Å². The van der Waals surface area contributed by atoms with Crippen LogP contribution in [0.4, 0.5) is 0 Å². The summed E-state index contributed by atoms with van der Waals surface area (Å²) in [4.78, 5) is 4.28. The molecule has 0 radical (unpaired) electrons. The van der Waals surface area contributed by atoms with Gasteiger partial charge in [-0.05, 0) is 40.3 Å². The van der Waals surface area contributed by atoms with Crippen molar-refractivity contribution in [3.63, 3.8) is 0 Å². The first kappa shape index (κ1) is 11.2. The molecule has 0 aliphatic heterocycles. The molecule has 3 nitrogen and oxygen atoms in total. The molecule has 0 spiro atoms. The van der Waals surface area contributed by atoms with Crippen molar-refractivity contribution in [1.82, 2.24) is 14.9 Å². The Hall–Kier alpha value is -0.830. The molecular weight excluding hydrogens is 174 g/mol. The zero-order chi connectivity index (χ0) is 10.4. The van der Waals surface area contributed by atoms with Crippen LogP contribution in [-0.4, -0.2) is 23.1 Å². The smallest absolute Gasteiger partial charge is 0.0951 e. The highest BCUT2D eigenvalue weighted by Gasteiger charge is 2.00. The quantitative estimate of drug-likeness (QED) is 0.702. The SMILES string of the molecule is CNCCCCCn1cnc(C)c1C. The molecule has 1 rings (SSSR count). The lowest BCUT2D eigenvalue weighted by atomic mass is 10.2. The topological polar surface area (TPSA) is 29.9 Å². The van der Waals surface area contributed by atoms with Crippen molar-refractivity contribution in [2.75, 3.05) is 13.6 Å². The lowest BCUT2D eigenvalue weighted by Crippen LogP contribution is -2.07. The number of unbranched alkanes of at least 4 members (excludes halogenated alkanes) is 2. The highest BCUT2D eigenvalue weighted by atomic mass is 15.0. The molecule has 1 heterocycles. The van der Waals surface area contributed by atoms with Crippen LogP contribution in [0.15, 0.2) is 6.33 Å². The first-order valence-electron chi connectivity index (χ1n) is 5.38. The maximum Gasteiger partial charge on any atom is 0.0951 e. The minimum atomic E-state index is 1.11. The number of aromatic nitrogens is 2. The largest absolute Gasteiger partial charge is 0.335 e. The van der Waals surface area contributed by atoms with E-state index in [9.17, 15) is 0 Å². The first-order valence-corrected chi connectivity index (χ1v) is 5.38. The molecule has 0 atom stereocenters. The van der Waals surface area contributed by atoms with Crippen LogP contribution < -0.4 is 5.32 Å². The third-order valence-corrected chi connectivity index (χ3v) is 2.67. The van der Waals surface area contributed by atoms with Crippen LogP contribution in [0.3, 0.4) is 0 Å². The van der Waals surface area contributed by atoms with E-state index in [4.69, 9.17) is 0 Å². The molecule has 1 aromatic rings. The lowest BCUT2D eigenvalue weighted by molar-refractivity contribution is 0.568. The van der Waals surface area contributed by atoms with E-state index in [1.165, 1.54) is 25.0 Å². The molecule has 0 unspecified atom stereocenters. The summed E-state index contributed by atoms with van der Waals surface area (Å²) in [7, 11) is 2.00. The minimum absolute atomic E-state index is 1.11. The summed E-state index contributed by atoms with van der Waals surface area (Å²) < 4.78 is 2.24. The molecular formula is C11H21N3. The van der Waals surface area contributed by atoms with Gasteiger partial charge in [0.15, 0.2) is 0 Å². The van der Waals surface area contributed by atoms with Crippen LogP contribution in [-0.2, 0) is 6.54 Å². The molecule has 0 saturated carbocycles. The van der Waals surface area contributed by atoms with Gasteiger partial charge in [0.25, 0.3) is 0 Å². The van der Waals surface area contributed by atoms with Gasteiger partial charge in [-0.1, -0.05) is 6.42 Å². The molecule has 0 aliphatic carbocycles. The maximum atomic E-state index is 4.28. The van der Waals surface area contributed by atoms with E-state index in [-0.39, 0.29) is 0 Å². The zero-order valence-electron chi connectivity index (χ0n) is 9.51. The van der Waals surface area contributed by atoms with Crippen LogP contribution in [0.1, 0.15) is 30.7 Å². The van der Waals surface area contributed by atoms with Crippen molar-refractivity contribution in [2.45, 2.75) is 39.7 Å². The average Bonchev–Trinajstić information content (AvgIpc) is 2.49. The summed E-state index contributed by atoms with van der Waals surface area (Å²) in [6, 6.07) is 0. The van der Waals surface area contributed by atoms with E-state index in [1.54, 1.807) is 0 Å². The van der Waals surface area contributed by atoms with E-state index in [1.807, 2.05) is 13.4 Å². The van der Waals surface area contributed by atoms with Gasteiger partial charge in [-0.3, -0.25) is 0 Å². The molecule has 0 aliphatic rings. The number of hydrogen-bond donors (Lipinski definition) is 1. The molecule has 14 heavy (non-hydrogen) atoms. The average molecular weight is 195 g/mol. The van der Waals surface area contributed by atoms with Crippen molar-refractivity contribution in [1.29, 1.82) is 0 Å². The molecule has 0 bridgehead atoms. The second kappa shape index (κ2) is 5.81. The van der Waals surface area contributed by atoms with E-state index in [2.05, 4.69) is 28.7 Å². The maximum absolute atomic E-state index is 4.28. The summed E-state index contributed by atoms with van der Waals surface area (Å²) >= 11 is 0. The monoisotopic (exact) mass is 195 g/mol. The summed E-state index contributed by atoms with van der Waals surface area (Å²) in [6.07, 6.45) is 5.75. The standard InChI is InChI=1S/C11H21N3/c1-10-11(2)14(9-13-10)8-6-4-5-7-12-3/h9,12H,4-8H2,1-3H3. The van der Waals surface area contributed by atoms with Crippen molar-refractivity contribution < 1.29 is 0 Å². The van der Waals surface area contributed by atoms with Crippen LogP contribution in [0.5, 0.6) is 0 Å². The Labute approximate surface area is 86.5 Å². The molecule has 0 amide bonds. The number of hydrogen-bond acceptors (Lipinski definition) is 2. The summed E-state index contributed by atoms with van der Waals surface area (Å²) in [5.74, 6) is 0. The second-order valence-corrected chi connectivity index (χ2v) is 3.77. The Kier molecular flexibility index (Phi) is 4.66. The van der Waals surface area contributed by atoms with Gasteiger partial charge in [-0.25, -0.2) is 4.98 Å². The molecule has 0 aromatic carbocycles. The van der Waals surface area contributed by atoms with Gasteiger partial charge in [-0.15, -0.1) is 0 Å². The summed E-state index contributed by atoms with van der Waals surface area (Å²) in [5, 5.41) is 3.16. The van der Waals surface area contributed by atoms with Gasteiger partial charge in [0.1, 0.15) is 0 Å². The number of nitrogens with one attached hydrogen (secondary N) is 1. The predicted molar refractivity (Wildman–Crippen MR) is 59.5 cm³/mol. The Morgan fingerprint density at radius 3 is 2.64 bits per heavy atom. The Morgan fingerprint density at radius 1 is 1.29 bits per heavy atom.